The summed E-state index contributed by atoms with van der Waals surface area (Å²) in [4.78, 5) is 11.3. The number of alkyl halides is 3. The van der Waals surface area contributed by atoms with Gasteiger partial charge in [-0.05, 0) is 56.7 Å². The third-order valence-corrected chi connectivity index (χ3v) is 5.33. The van der Waals surface area contributed by atoms with Crippen LogP contribution in [0.3, 0.4) is 0 Å². The van der Waals surface area contributed by atoms with Crippen LogP contribution in [0.2, 0.25) is 0 Å². The van der Waals surface area contributed by atoms with Gasteiger partial charge in [0.05, 0.1) is 17.9 Å². The zero-order valence-corrected chi connectivity index (χ0v) is 17.4. The summed E-state index contributed by atoms with van der Waals surface area (Å²) < 4.78 is 43.4. The van der Waals surface area contributed by atoms with Gasteiger partial charge < -0.3 is 9.64 Å². The van der Waals surface area contributed by atoms with E-state index in [1.807, 2.05) is 26.0 Å². The van der Waals surface area contributed by atoms with E-state index < -0.39 is 11.7 Å². The van der Waals surface area contributed by atoms with E-state index >= 15 is 0 Å². The van der Waals surface area contributed by atoms with Crippen molar-refractivity contribution in [3.63, 3.8) is 0 Å². The number of nitrogens with zero attached hydrogens (tertiary/aromatic N) is 4. The van der Waals surface area contributed by atoms with Crippen molar-refractivity contribution < 1.29 is 17.9 Å². The number of nitrogens with one attached hydrogen (secondary N) is 1. The van der Waals surface area contributed by atoms with Crippen molar-refractivity contribution in [3.8, 4) is 5.75 Å². The summed E-state index contributed by atoms with van der Waals surface area (Å²) in [5.41, 5.74) is 3.16. The van der Waals surface area contributed by atoms with E-state index in [1.54, 1.807) is 0 Å². The number of aromatic nitrogens is 4. The van der Waals surface area contributed by atoms with E-state index in [-0.39, 0.29) is 0 Å². The molecule has 1 aliphatic heterocycles. The van der Waals surface area contributed by atoms with Crippen molar-refractivity contribution in [2.24, 2.45) is 0 Å². The number of hydrogen-bond acceptors (Lipinski definition) is 5. The summed E-state index contributed by atoms with van der Waals surface area (Å²) in [6.07, 6.45) is -2.78. The molecule has 9 heteroatoms. The molecule has 31 heavy (non-hydrogen) atoms. The lowest BCUT2D eigenvalue weighted by molar-refractivity contribution is -0.137. The normalized spacial score (nSPS) is 16.7. The average molecular weight is 431 g/mol. The van der Waals surface area contributed by atoms with E-state index in [1.165, 1.54) is 12.1 Å². The minimum Gasteiger partial charge on any atom is -0.493 e. The Morgan fingerprint density at radius 2 is 1.81 bits per heavy atom. The Balaban J connectivity index is 1.30. The van der Waals surface area contributed by atoms with Crippen LogP contribution >= 0.6 is 0 Å². The standard InChI is InChI=1S/C22H24F3N5O/c1-14-11-15(2)27-21(26-14)30-9-7-16(13-30)20-12-18(28-29-20)8-10-31-19-5-3-17(4-6-19)22(23,24)25/h3-6,11-12,16H,7-10,13H2,1-2H3,(H,28,29). The number of hydrogen-bond donors (Lipinski definition) is 1. The van der Waals surface area contributed by atoms with Gasteiger partial charge in [-0.15, -0.1) is 0 Å². The van der Waals surface area contributed by atoms with Gasteiger partial charge in [0.25, 0.3) is 0 Å². The highest BCUT2D eigenvalue weighted by Gasteiger charge is 2.30. The molecule has 1 N–H and O–H groups in total. The molecule has 0 spiro atoms. The lowest BCUT2D eigenvalue weighted by Crippen LogP contribution is -2.22. The predicted octanol–water partition coefficient (Wildman–Crippen LogP) is 4.45. The van der Waals surface area contributed by atoms with Gasteiger partial charge in [-0.25, -0.2) is 9.97 Å². The zero-order valence-electron chi connectivity index (χ0n) is 17.4. The summed E-state index contributed by atoms with van der Waals surface area (Å²) in [5.74, 6) is 1.47. The van der Waals surface area contributed by atoms with E-state index in [0.29, 0.717) is 24.7 Å². The lowest BCUT2D eigenvalue weighted by Gasteiger charge is -2.16. The van der Waals surface area contributed by atoms with E-state index in [4.69, 9.17) is 4.74 Å². The van der Waals surface area contributed by atoms with E-state index in [0.717, 1.165) is 60.4 Å². The Kier molecular flexibility index (Phi) is 5.84. The average Bonchev–Trinajstić information content (AvgIpc) is 3.36. The van der Waals surface area contributed by atoms with Crippen molar-refractivity contribution in [2.75, 3.05) is 24.6 Å². The van der Waals surface area contributed by atoms with Crippen molar-refractivity contribution in [3.05, 3.63) is 64.7 Å². The molecule has 1 saturated heterocycles. The minimum absolute atomic E-state index is 0.297. The number of aromatic amines is 1. The fraction of sp³-hybridized carbons (Fsp3) is 0.409. The Labute approximate surface area is 178 Å². The topological polar surface area (TPSA) is 66.9 Å². The van der Waals surface area contributed by atoms with Gasteiger partial charge in [0.15, 0.2) is 0 Å². The van der Waals surface area contributed by atoms with Crippen LogP contribution < -0.4 is 9.64 Å². The van der Waals surface area contributed by atoms with Crippen LogP contribution in [0.1, 0.15) is 40.7 Å². The number of H-pyrrole nitrogens is 1. The first-order valence-electron chi connectivity index (χ1n) is 10.2. The van der Waals surface area contributed by atoms with Crippen LogP contribution in [0.4, 0.5) is 19.1 Å². The fourth-order valence-electron chi connectivity index (χ4n) is 3.77. The number of anilines is 1. The summed E-state index contributed by atoms with van der Waals surface area (Å²) in [6.45, 7) is 5.99. The molecule has 6 nitrogen and oxygen atoms in total. The summed E-state index contributed by atoms with van der Waals surface area (Å²) in [5, 5.41) is 7.49. The molecule has 1 atom stereocenters. The maximum Gasteiger partial charge on any atom is 0.416 e. The molecule has 4 rings (SSSR count). The maximum atomic E-state index is 12.6. The van der Waals surface area contributed by atoms with Crippen LogP contribution in [0.15, 0.2) is 36.4 Å². The number of rotatable bonds is 6. The Morgan fingerprint density at radius 3 is 2.48 bits per heavy atom. The summed E-state index contributed by atoms with van der Waals surface area (Å²) in [7, 11) is 0. The largest absolute Gasteiger partial charge is 0.493 e. The van der Waals surface area contributed by atoms with Crippen LogP contribution in [0.5, 0.6) is 5.75 Å². The van der Waals surface area contributed by atoms with Gasteiger partial charge in [0, 0.05) is 42.5 Å². The van der Waals surface area contributed by atoms with Crippen molar-refractivity contribution >= 4 is 5.95 Å². The first-order chi connectivity index (χ1) is 14.8. The Morgan fingerprint density at radius 1 is 1.10 bits per heavy atom. The second-order valence-electron chi connectivity index (χ2n) is 7.82. The smallest absolute Gasteiger partial charge is 0.416 e. The Hall–Kier alpha value is -3.10. The van der Waals surface area contributed by atoms with Crippen molar-refractivity contribution in [2.45, 2.75) is 38.8 Å². The molecule has 2 aromatic heterocycles. The number of halogens is 3. The van der Waals surface area contributed by atoms with Crippen LogP contribution in [-0.4, -0.2) is 39.9 Å². The minimum atomic E-state index is -4.34. The Bertz CT molecular complexity index is 1010. The summed E-state index contributed by atoms with van der Waals surface area (Å²) >= 11 is 0. The predicted molar refractivity (Wildman–Crippen MR) is 110 cm³/mol. The third-order valence-electron chi connectivity index (χ3n) is 5.33. The van der Waals surface area contributed by atoms with Crippen LogP contribution in [0.25, 0.3) is 0 Å². The van der Waals surface area contributed by atoms with Crippen LogP contribution in [-0.2, 0) is 12.6 Å². The van der Waals surface area contributed by atoms with Gasteiger partial charge in [-0.2, -0.15) is 18.3 Å². The molecular weight excluding hydrogens is 407 g/mol. The number of benzene rings is 1. The number of aryl methyl sites for hydroxylation is 2. The van der Waals surface area contributed by atoms with Gasteiger partial charge >= 0.3 is 6.18 Å². The molecule has 1 aliphatic rings. The molecule has 0 aliphatic carbocycles. The lowest BCUT2D eigenvalue weighted by atomic mass is 10.0. The monoisotopic (exact) mass is 431 g/mol. The molecule has 1 fully saturated rings. The quantitative estimate of drug-likeness (QED) is 0.625. The van der Waals surface area contributed by atoms with E-state index in [2.05, 4.69) is 25.1 Å². The van der Waals surface area contributed by atoms with Crippen molar-refractivity contribution in [1.29, 1.82) is 0 Å². The molecule has 3 aromatic rings. The van der Waals surface area contributed by atoms with Crippen LogP contribution in [0, 0.1) is 13.8 Å². The second kappa shape index (κ2) is 8.56. The number of ether oxygens (including phenoxy) is 1. The maximum absolute atomic E-state index is 12.6. The molecule has 0 amide bonds. The molecule has 1 unspecified atom stereocenters. The highest BCUT2D eigenvalue weighted by Crippen LogP contribution is 2.31. The SMILES string of the molecule is Cc1cc(C)nc(N2CCC(c3cc(CCOc4ccc(C(F)(F)F)cc4)[nH]n3)C2)n1. The van der Waals surface area contributed by atoms with E-state index in [9.17, 15) is 13.2 Å². The van der Waals surface area contributed by atoms with Gasteiger partial charge in [-0.3, -0.25) is 5.10 Å². The van der Waals surface area contributed by atoms with Gasteiger partial charge in [0.2, 0.25) is 5.95 Å². The zero-order chi connectivity index (χ0) is 22.0. The highest BCUT2D eigenvalue weighted by molar-refractivity contribution is 5.36. The molecule has 1 aromatic carbocycles. The van der Waals surface area contributed by atoms with Gasteiger partial charge in [-0.1, -0.05) is 0 Å². The molecule has 164 valence electrons. The summed E-state index contributed by atoms with van der Waals surface area (Å²) in [6, 6.07) is 8.72. The van der Waals surface area contributed by atoms with Crippen molar-refractivity contribution in [1.82, 2.24) is 20.2 Å². The molecular formula is C22H24F3N5O. The fourth-order valence-corrected chi connectivity index (χ4v) is 3.77. The molecule has 3 heterocycles. The first-order valence-corrected chi connectivity index (χ1v) is 10.2. The van der Waals surface area contributed by atoms with Gasteiger partial charge in [0.1, 0.15) is 5.75 Å². The first kappa shape index (κ1) is 21.1. The second-order valence-corrected chi connectivity index (χ2v) is 7.82. The molecule has 0 saturated carbocycles. The third kappa shape index (κ3) is 5.15. The molecule has 0 radical (unpaired) electrons. The highest BCUT2D eigenvalue weighted by atomic mass is 19.4. The molecule has 0 bridgehead atoms.